The van der Waals surface area contributed by atoms with Crippen molar-refractivity contribution in [2.45, 2.75) is 6.92 Å². The zero-order valence-corrected chi connectivity index (χ0v) is 16.1. The van der Waals surface area contributed by atoms with Crippen molar-refractivity contribution in [3.05, 3.63) is 55.8 Å². The summed E-state index contributed by atoms with van der Waals surface area (Å²) in [5.74, 6) is -1.91. The van der Waals surface area contributed by atoms with E-state index in [1.54, 1.807) is 6.92 Å². The number of nitrogens with zero attached hydrogens (tertiary/aromatic N) is 4. The van der Waals surface area contributed by atoms with E-state index in [-0.39, 0.29) is 11.1 Å². The van der Waals surface area contributed by atoms with E-state index in [0.717, 1.165) is 18.9 Å². The van der Waals surface area contributed by atoms with Crippen molar-refractivity contribution >= 4 is 23.9 Å². The molecular weight excluding hydrogens is 368 g/mol. The molecule has 2 heterocycles. The van der Waals surface area contributed by atoms with Gasteiger partial charge in [-0.15, -0.1) is 0 Å². The summed E-state index contributed by atoms with van der Waals surface area (Å²) in [4.78, 5) is 61.5. The van der Waals surface area contributed by atoms with Crippen LogP contribution in [0.3, 0.4) is 0 Å². The first-order chi connectivity index (χ1) is 13.0. The highest BCUT2D eigenvalue weighted by Crippen LogP contribution is 2.16. The monoisotopic (exact) mass is 388 g/mol. The lowest BCUT2D eigenvalue weighted by atomic mass is 10.1. The van der Waals surface area contributed by atoms with Gasteiger partial charge in [0.1, 0.15) is 11.1 Å². The summed E-state index contributed by atoms with van der Waals surface area (Å²) >= 11 is 0. The molecule has 1 aliphatic heterocycles. The highest BCUT2D eigenvalue weighted by atomic mass is 16.3. The molecule has 1 N–H and O–H groups in total. The molecular formula is C18H20N4O6. The van der Waals surface area contributed by atoms with Gasteiger partial charge >= 0.3 is 11.7 Å². The SMILES string of the molecule is CC(C=Cc1c(O)n(C)c(=O)n(C)c1=O)=CC=C1C(=O)N(C)C(=O)N(C)C1=O. The van der Waals surface area contributed by atoms with Crippen LogP contribution in [-0.4, -0.2) is 56.0 Å². The van der Waals surface area contributed by atoms with Crippen molar-refractivity contribution in [3.63, 3.8) is 0 Å². The van der Waals surface area contributed by atoms with Crippen molar-refractivity contribution in [1.29, 1.82) is 0 Å². The number of allylic oxidation sites excluding steroid dienone is 4. The quantitative estimate of drug-likeness (QED) is 0.432. The summed E-state index contributed by atoms with van der Waals surface area (Å²) in [6.45, 7) is 1.65. The molecule has 4 amide bonds. The van der Waals surface area contributed by atoms with Crippen molar-refractivity contribution in [2.24, 2.45) is 14.1 Å². The predicted octanol–water partition coefficient (Wildman–Crippen LogP) is -0.274. The molecule has 0 spiro atoms. The molecule has 0 aromatic carbocycles. The van der Waals surface area contributed by atoms with Gasteiger partial charge in [-0.05, 0) is 19.1 Å². The normalized spacial score (nSPS) is 15.8. The topological polar surface area (TPSA) is 122 Å². The van der Waals surface area contributed by atoms with E-state index in [4.69, 9.17) is 0 Å². The Morgan fingerprint density at radius 1 is 0.893 bits per heavy atom. The van der Waals surface area contributed by atoms with Gasteiger partial charge in [0.25, 0.3) is 17.4 Å². The van der Waals surface area contributed by atoms with E-state index in [0.29, 0.717) is 5.57 Å². The Kier molecular flexibility index (Phi) is 5.53. The largest absolute Gasteiger partial charge is 0.494 e. The Morgan fingerprint density at radius 2 is 1.43 bits per heavy atom. The van der Waals surface area contributed by atoms with E-state index < -0.39 is 35.0 Å². The number of likely N-dealkylation sites (N-methyl/N-ethyl adjacent to an activating group) is 2. The molecule has 0 unspecified atom stereocenters. The summed E-state index contributed by atoms with van der Waals surface area (Å²) < 4.78 is 1.80. The third-order valence-electron chi connectivity index (χ3n) is 4.34. The summed E-state index contributed by atoms with van der Waals surface area (Å²) in [5.41, 5.74) is -1.04. The second-order valence-electron chi connectivity index (χ2n) is 6.28. The number of carbonyl (C=O) groups excluding carboxylic acids is 3. The number of aromatic hydroxyl groups is 1. The van der Waals surface area contributed by atoms with Crippen LogP contribution >= 0.6 is 0 Å². The van der Waals surface area contributed by atoms with Gasteiger partial charge in [0.2, 0.25) is 5.88 Å². The minimum atomic E-state index is -0.717. The Hall–Kier alpha value is -3.69. The van der Waals surface area contributed by atoms with Crippen LogP contribution in [0.2, 0.25) is 0 Å². The Balaban J connectivity index is 2.38. The van der Waals surface area contributed by atoms with Gasteiger partial charge in [-0.3, -0.25) is 33.3 Å². The van der Waals surface area contributed by atoms with Crippen LogP contribution < -0.4 is 11.2 Å². The summed E-state index contributed by atoms with van der Waals surface area (Å²) in [6, 6.07) is -0.714. The summed E-state index contributed by atoms with van der Waals surface area (Å²) in [6.07, 6.45) is 5.55. The summed E-state index contributed by atoms with van der Waals surface area (Å²) in [5, 5.41) is 10.0. The number of barbiturate groups is 1. The zero-order chi connectivity index (χ0) is 21.3. The Bertz CT molecular complexity index is 1060. The average Bonchev–Trinajstić information content (AvgIpc) is 2.67. The van der Waals surface area contributed by atoms with Crippen LogP contribution in [0.1, 0.15) is 12.5 Å². The number of amides is 4. The third-order valence-corrected chi connectivity index (χ3v) is 4.34. The van der Waals surface area contributed by atoms with Crippen molar-refractivity contribution < 1.29 is 19.5 Å². The van der Waals surface area contributed by atoms with E-state index in [2.05, 4.69) is 0 Å². The molecule has 0 saturated carbocycles. The molecule has 0 bridgehead atoms. The predicted molar refractivity (Wildman–Crippen MR) is 100 cm³/mol. The molecule has 2 rings (SSSR count). The maximum absolute atomic E-state index is 12.1. The molecule has 28 heavy (non-hydrogen) atoms. The van der Waals surface area contributed by atoms with Gasteiger partial charge in [0.15, 0.2) is 0 Å². The number of carbonyl (C=O) groups is 3. The Labute approximate surface area is 159 Å². The lowest BCUT2D eigenvalue weighted by Gasteiger charge is -2.28. The van der Waals surface area contributed by atoms with Crippen LogP contribution in [0.4, 0.5) is 4.79 Å². The second kappa shape index (κ2) is 7.51. The fraction of sp³-hybridized carbons (Fsp3) is 0.278. The van der Waals surface area contributed by atoms with Crippen LogP contribution in [0.15, 0.2) is 39.0 Å². The van der Waals surface area contributed by atoms with Gasteiger partial charge in [-0.1, -0.05) is 17.7 Å². The van der Waals surface area contributed by atoms with Crippen LogP contribution in [0.25, 0.3) is 6.08 Å². The number of rotatable bonds is 3. The number of imide groups is 2. The lowest BCUT2D eigenvalue weighted by Crippen LogP contribution is -2.52. The fourth-order valence-electron chi connectivity index (χ4n) is 2.48. The van der Waals surface area contributed by atoms with Gasteiger partial charge in [-0.2, -0.15) is 0 Å². The first kappa shape index (κ1) is 20.6. The van der Waals surface area contributed by atoms with Crippen molar-refractivity contribution in [1.82, 2.24) is 18.9 Å². The lowest BCUT2D eigenvalue weighted by molar-refractivity contribution is -0.134. The molecule has 0 atom stereocenters. The fourth-order valence-corrected chi connectivity index (χ4v) is 2.48. The second-order valence-corrected chi connectivity index (χ2v) is 6.28. The minimum Gasteiger partial charge on any atom is -0.494 e. The summed E-state index contributed by atoms with van der Waals surface area (Å²) in [7, 11) is 5.17. The highest BCUT2D eigenvalue weighted by Gasteiger charge is 2.37. The van der Waals surface area contributed by atoms with Crippen LogP contribution in [0, 0.1) is 0 Å². The molecule has 10 heteroatoms. The molecule has 0 radical (unpaired) electrons. The van der Waals surface area contributed by atoms with Gasteiger partial charge in [0.05, 0.1) is 0 Å². The van der Waals surface area contributed by atoms with E-state index >= 15 is 0 Å². The van der Waals surface area contributed by atoms with Gasteiger partial charge in [0, 0.05) is 28.2 Å². The first-order valence-electron chi connectivity index (χ1n) is 8.14. The van der Waals surface area contributed by atoms with Gasteiger partial charge < -0.3 is 5.11 Å². The molecule has 1 fully saturated rings. The van der Waals surface area contributed by atoms with Crippen LogP contribution in [-0.2, 0) is 23.7 Å². The minimum absolute atomic E-state index is 0.0834. The van der Waals surface area contributed by atoms with Crippen molar-refractivity contribution in [2.75, 3.05) is 14.1 Å². The van der Waals surface area contributed by atoms with Crippen LogP contribution in [0.5, 0.6) is 5.88 Å². The van der Waals surface area contributed by atoms with E-state index in [1.807, 2.05) is 0 Å². The number of urea groups is 1. The standard InChI is InChI=1S/C18H20N4O6/c1-10(6-8-11-13(23)19(2)17(27)20(3)14(11)24)7-9-12-15(25)21(4)18(28)22(5)16(12)26/h6-9,23H,1-5H3. The number of aromatic nitrogens is 2. The zero-order valence-electron chi connectivity index (χ0n) is 16.1. The number of hydrogen-bond donors (Lipinski definition) is 1. The maximum atomic E-state index is 12.1. The molecule has 148 valence electrons. The molecule has 1 aliphatic rings. The molecule has 10 nitrogen and oxygen atoms in total. The first-order valence-corrected chi connectivity index (χ1v) is 8.14. The van der Waals surface area contributed by atoms with Crippen molar-refractivity contribution in [3.8, 4) is 5.88 Å². The Morgan fingerprint density at radius 3 is 1.96 bits per heavy atom. The smallest absolute Gasteiger partial charge is 0.333 e. The van der Waals surface area contributed by atoms with Gasteiger partial charge in [-0.25, -0.2) is 9.59 Å². The van der Waals surface area contributed by atoms with E-state index in [1.165, 1.54) is 52.5 Å². The van der Waals surface area contributed by atoms with E-state index in [9.17, 15) is 29.1 Å². The molecule has 0 aliphatic carbocycles. The maximum Gasteiger partial charge on any atom is 0.333 e. The molecule has 1 saturated heterocycles. The molecule has 1 aromatic heterocycles. The molecule has 1 aromatic rings. The third kappa shape index (κ3) is 3.43. The average molecular weight is 388 g/mol. The highest BCUT2D eigenvalue weighted by molar-refractivity contribution is 6.28. The number of hydrogen-bond acceptors (Lipinski definition) is 6.